The molecule has 1 aromatic carbocycles. The largest absolute Gasteiger partial charge is 0.478 e. The first-order chi connectivity index (χ1) is 11.3. The zero-order chi connectivity index (χ0) is 17.5. The van der Waals surface area contributed by atoms with Gasteiger partial charge in [-0.3, -0.25) is 4.31 Å². The summed E-state index contributed by atoms with van der Waals surface area (Å²) in [6.07, 6.45) is 1.15. The normalized spacial score (nSPS) is 11.6. The van der Waals surface area contributed by atoms with E-state index in [0.29, 0.717) is 11.1 Å². The highest BCUT2D eigenvalue weighted by Crippen LogP contribution is 2.27. The lowest BCUT2D eigenvalue weighted by molar-refractivity contribution is 0.0698. The number of carboxylic acid groups (broad SMARTS) is 1. The van der Waals surface area contributed by atoms with E-state index in [2.05, 4.69) is 10.1 Å². The van der Waals surface area contributed by atoms with Crippen LogP contribution in [0.3, 0.4) is 0 Å². The molecule has 0 radical (unpaired) electrons. The van der Waals surface area contributed by atoms with Gasteiger partial charge < -0.3 is 9.63 Å². The van der Waals surface area contributed by atoms with Crippen molar-refractivity contribution in [3.05, 3.63) is 47.8 Å². The van der Waals surface area contributed by atoms with Crippen LogP contribution in [0, 0.1) is 6.92 Å². The number of nitrogens with zero attached hydrogens (tertiary/aromatic N) is 3. The van der Waals surface area contributed by atoms with Gasteiger partial charge in [-0.05, 0) is 25.1 Å². The minimum Gasteiger partial charge on any atom is -0.478 e. The number of aromatic nitrogens is 2. The molecule has 24 heavy (non-hydrogen) atoms. The molecular formula is C15H13N3O5S. The minimum absolute atomic E-state index is 0.0622. The Balaban J connectivity index is 2.12. The number of sulfonamides is 1. The van der Waals surface area contributed by atoms with Crippen molar-refractivity contribution in [1.82, 2.24) is 10.1 Å². The summed E-state index contributed by atoms with van der Waals surface area (Å²) in [5, 5.41) is 13.5. The first kappa shape index (κ1) is 15.9. The van der Waals surface area contributed by atoms with Gasteiger partial charge in [-0.15, -0.1) is 0 Å². The second kappa shape index (κ2) is 5.60. The third-order valence-corrected chi connectivity index (χ3v) is 5.35. The van der Waals surface area contributed by atoms with Crippen molar-refractivity contribution >= 4 is 32.8 Å². The van der Waals surface area contributed by atoms with E-state index in [1.165, 1.54) is 31.3 Å². The summed E-state index contributed by atoms with van der Waals surface area (Å²) in [6.45, 7) is 1.67. The SMILES string of the molecule is Cc1noc2ncc(S(=O)(=O)N(C)c3ccccc3C(=O)O)cc12. The predicted molar refractivity (Wildman–Crippen MR) is 85.5 cm³/mol. The molecule has 3 rings (SSSR count). The molecule has 0 saturated heterocycles. The molecule has 8 nitrogen and oxygen atoms in total. The van der Waals surface area contributed by atoms with Gasteiger partial charge >= 0.3 is 5.97 Å². The first-order valence-corrected chi connectivity index (χ1v) is 8.29. The summed E-state index contributed by atoms with van der Waals surface area (Å²) in [7, 11) is -2.70. The number of carbonyl (C=O) groups is 1. The van der Waals surface area contributed by atoms with Crippen LogP contribution in [0.1, 0.15) is 16.1 Å². The third-order valence-electron chi connectivity index (χ3n) is 3.62. The number of benzene rings is 1. The molecule has 0 amide bonds. The molecule has 0 aliphatic heterocycles. The second-order valence-corrected chi connectivity index (χ2v) is 7.06. The van der Waals surface area contributed by atoms with E-state index in [9.17, 15) is 18.3 Å². The molecule has 0 bridgehead atoms. The van der Waals surface area contributed by atoms with Crippen molar-refractivity contribution in [1.29, 1.82) is 0 Å². The Hall–Kier alpha value is -2.94. The lowest BCUT2D eigenvalue weighted by atomic mass is 10.2. The zero-order valence-electron chi connectivity index (χ0n) is 12.8. The molecule has 2 aromatic heterocycles. The standard InChI is InChI=1S/C15H13N3O5S/c1-9-12-7-10(8-16-14(12)23-17-9)24(21,22)18(2)13-6-4-3-5-11(13)15(19)20/h3-8H,1-2H3,(H,19,20). The van der Waals surface area contributed by atoms with Crippen molar-refractivity contribution < 1.29 is 22.8 Å². The van der Waals surface area contributed by atoms with Crippen LogP contribution < -0.4 is 4.31 Å². The third kappa shape index (κ3) is 2.48. The van der Waals surface area contributed by atoms with Crippen LogP contribution >= 0.6 is 0 Å². The molecule has 1 N–H and O–H groups in total. The zero-order valence-corrected chi connectivity index (χ0v) is 13.6. The Kier molecular flexibility index (Phi) is 3.72. The lowest BCUT2D eigenvalue weighted by Gasteiger charge is -2.21. The Morgan fingerprint density at radius 1 is 1.29 bits per heavy atom. The quantitative estimate of drug-likeness (QED) is 0.768. The topological polar surface area (TPSA) is 114 Å². The summed E-state index contributed by atoms with van der Waals surface area (Å²) in [4.78, 5) is 15.2. The van der Waals surface area contributed by atoms with Gasteiger partial charge in [0.2, 0.25) is 0 Å². The number of para-hydroxylation sites is 1. The van der Waals surface area contributed by atoms with E-state index >= 15 is 0 Å². The van der Waals surface area contributed by atoms with Crippen LogP contribution in [0.25, 0.3) is 11.1 Å². The average Bonchev–Trinajstić information content (AvgIpc) is 2.94. The highest BCUT2D eigenvalue weighted by molar-refractivity contribution is 7.92. The number of hydrogen-bond acceptors (Lipinski definition) is 6. The van der Waals surface area contributed by atoms with E-state index in [0.717, 1.165) is 10.5 Å². The monoisotopic (exact) mass is 347 g/mol. The first-order valence-electron chi connectivity index (χ1n) is 6.85. The summed E-state index contributed by atoms with van der Waals surface area (Å²) < 4.78 is 31.5. The molecular weight excluding hydrogens is 334 g/mol. The fraction of sp³-hybridized carbons (Fsp3) is 0.133. The summed E-state index contributed by atoms with van der Waals surface area (Å²) in [5.41, 5.74) is 0.703. The molecule has 0 fully saturated rings. The molecule has 0 atom stereocenters. The molecule has 9 heteroatoms. The molecule has 0 spiro atoms. The van der Waals surface area contributed by atoms with E-state index < -0.39 is 16.0 Å². The number of hydrogen-bond donors (Lipinski definition) is 1. The van der Waals surface area contributed by atoms with Gasteiger partial charge in [0.1, 0.15) is 4.90 Å². The van der Waals surface area contributed by atoms with Crippen molar-refractivity contribution in [3.63, 3.8) is 0 Å². The second-order valence-electron chi connectivity index (χ2n) is 5.09. The van der Waals surface area contributed by atoms with Gasteiger partial charge in [0, 0.05) is 7.05 Å². The van der Waals surface area contributed by atoms with Gasteiger partial charge in [-0.25, -0.2) is 18.2 Å². The Morgan fingerprint density at radius 2 is 2.00 bits per heavy atom. The number of rotatable bonds is 4. The fourth-order valence-corrected chi connectivity index (χ4v) is 3.47. The van der Waals surface area contributed by atoms with Crippen molar-refractivity contribution in [2.45, 2.75) is 11.8 Å². The van der Waals surface area contributed by atoms with Crippen LogP contribution in [0.4, 0.5) is 5.69 Å². The van der Waals surface area contributed by atoms with E-state index in [1.54, 1.807) is 13.0 Å². The van der Waals surface area contributed by atoms with Gasteiger partial charge in [-0.1, -0.05) is 17.3 Å². The number of pyridine rings is 1. The average molecular weight is 347 g/mol. The maximum absolute atomic E-state index is 12.8. The summed E-state index contributed by atoms with van der Waals surface area (Å²) in [5.74, 6) is -1.21. The van der Waals surface area contributed by atoms with E-state index in [-0.39, 0.29) is 21.9 Å². The van der Waals surface area contributed by atoms with Crippen molar-refractivity contribution in [3.8, 4) is 0 Å². The molecule has 0 aliphatic rings. The van der Waals surface area contributed by atoms with Gasteiger partial charge in [0.15, 0.2) is 0 Å². The molecule has 0 aliphatic carbocycles. The van der Waals surface area contributed by atoms with Crippen molar-refractivity contribution in [2.75, 3.05) is 11.4 Å². The van der Waals surface area contributed by atoms with Gasteiger partial charge in [0.25, 0.3) is 15.7 Å². The highest BCUT2D eigenvalue weighted by Gasteiger charge is 2.26. The number of aromatic carboxylic acids is 1. The Bertz CT molecular complexity index is 1040. The van der Waals surface area contributed by atoms with Crippen LogP contribution in [-0.2, 0) is 10.0 Å². The molecule has 2 heterocycles. The Morgan fingerprint density at radius 3 is 2.71 bits per heavy atom. The van der Waals surface area contributed by atoms with Gasteiger partial charge in [-0.2, -0.15) is 0 Å². The number of carboxylic acids is 1. The van der Waals surface area contributed by atoms with Crippen molar-refractivity contribution in [2.24, 2.45) is 0 Å². The number of anilines is 1. The molecule has 3 aromatic rings. The summed E-state index contributed by atoms with van der Waals surface area (Å²) in [6, 6.07) is 7.27. The van der Waals surface area contributed by atoms with E-state index in [1.807, 2.05) is 0 Å². The number of fused-ring (bicyclic) bond motifs is 1. The highest BCUT2D eigenvalue weighted by atomic mass is 32.2. The van der Waals surface area contributed by atoms with Crippen LogP contribution in [0.5, 0.6) is 0 Å². The lowest BCUT2D eigenvalue weighted by Crippen LogP contribution is -2.28. The maximum Gasteiger partial charge on any atom is 0.337 e. The van der Waals surface area contributed by atoms with Crippen LogP contribution in [-0.4, -0.2) is 36.7 Å². The maximum atomic E-state index is 12.8. The van der Waals surface area contributed by atoms with Crippen LogP contribution in [0.2, 0.25) is 0 Å². The minimum atomic E-state index is -4.00. The van der Waals surface area contributed by atoms with E-state index in [4.69, 9.17) is 4.52 Å². The van der Waals surface area contributed by atoms with Gasteiger partial charge in [0.05, 0.1) is 28.5 Å². The Labute approximate surface area is 137 Å². The fourth-order valence-electron chi connectivity index (χ4n) is 2.28. The molecule has 124 valence electrons. The molecule has 0 saturated carbocycles. The predicted octanol–water partition coefficient (Wildman–Crippen LogP) is 2.05. The summed E-state index contributed by atoms with van der Waals surface area (Å²) >= 11 is 0. The number of aryl methyl sites for hydroxylation is 1. The smallest absolute Gasteiger partial charge is 0.337 e. The molecule has 0 unspecified atom stereocenters. The van der Waals surface area contributed by atoms with Crippen LogP contribution in [0.15, 0.2) is 45.9 Å².